The molecule has 0 saturated heterocycles. The zero-order valence-corrected chi connectivity index (χ0v) is 24.8. The van der Waals surface area contributed by atoms with E-state index in [-0.39, 0.29) is 18.0 Å². The van der Waals surface area contributed by atoms with Crippen LogP contribution in [0.4, 0.5) is 0 Å². The van der Waals surface area contributed by atoms with Gasteiger partial charge in [0.1, 0.15) is 6.10 Å². The van der Waals surface area contributed by atoms with Crippen LogP contribution in [-0.4, -0.2) is 5.97 Å². The molecule has 0 saturated carbocycles. The predicted octanol–water partition coefficient (Wildman–Crippen LogP) is 11.5. The van der Waals surface area contributed by atoms with Crippen LogP contribution in [0.5, 0.6) is 0 Å². The van der Waals surface area contributed by atoms with Gasteiger partial charge in [-0.1, -0.05) is 57.2 Å². The van der Waals surface area contributed by atoms with E-state index in [0.29, 0.717) is 6.42 Å². The van der Waals surface area contributed by atoms with E-state index in [4.69, 9.17) is 4.74 Å². The van der Waals surface area contributed by atoms with Gasteiger partial charge >= 0.3 is 5.97 Å². The van der Waals surface area contributed by atoms with Crippen LogP contribution in [-0.2, 0) is 9.53 Å². The van der Waals surface area contributed by atoms with Gasteiger partial charge in [-0.3, -0.25) is 4.79 Å². The standard InChI is InChI=1S/C37H28O2S2/c1-4-34(38)39-35(20(2)3)24-10-9-23-13-27-17-31-33(19-29(27)15-25(23)14-24)41-36-30-16-26-11-21-7-5-6-8-22(21)12-28(26)18-32(30)40-37(31)36/h5-20,35H,4H2,1-3H3. The molecule has 0 N–H and O–H groups in total. The maximum atomic E-state index is 12.1. The molecular weight excluding hydrogens is 541 g/mol. The van der Waals surface area contributed by atoms with Crippen molar-refractivity contribution in [2.75, 3.05) is 0 Å². The molecule has 41 heavy (non-hydrogen) atoms. The second-order valence-electron chi connectivity index (χ2n) is 11.4. The highest BCUT2D eigenvalue weighted by molar-refractivity contribution is 7.36. The number of hydrogen-bond donors (Lipinski definition) is 0. The largest absolute Gasteiger partial charge is 0.457 e. The van der Waals surface area contributed by atoms with Crippen molar-refractivity contribution in [3.63, 3.8) is 0 Å². The van der Waals surface area contributed by atoms with E-state index in [0.717, 1.165) is 5.56 Å². The number of carbonyl (C=O) groups excluding carboxylic acids is 1. The summed E-state index contributed by atoms with van der Waals surface area (Å²) >= 11 is 3.82. The lowest BCUT2D eigenvalue weighted by atomic mass is 9.95. The lowest BCUT2D eigenvalue weighted by Gasteiger charge is -2.22. The Morgan fingerprint density at radius 1 is 0.634 bits per heavy atom. The van der Waals surface area contributed by atoms with Crippen molar-refractivity contribution in [1.82, 2.24) is 0 Å². The number of thiophene rings is 2. The number of carbonyl (C=O) groups is 1. The monoisotopic (exact) mass is 568 g/mol. The van der Waals surface area contributed by atoms with Crippen molar-refractivity contribution in [2.45, 2.75) is 33.3 Å². The smallest absolute Gasteiger partial charge is 0.306 e. The minimum Gasteiger partial charge on any atom is -0.457 e. The van der Waals surface area contributed by atoms with Crippen LogP contribution in [0.15, 0.2) is 91.0 Å². The average molecular weight is 569 g/mol. The fraction of sp³-hybridized carbons (Fsp3) is 0.162. The van der Waals surface area contributed by atoms with Crippen LogP contribution in [0.1, 0.15) is 38.9 Å². The van der Waals surface area contributed by atoms with Gasteiger partial charge in [-0.15, -0.1) is 22.7 Å². The summed E-state index contributed by atoms with van der Waals surface area (Å²) in [7, 11) is 0. The summed E-state index contributed by atoms with van der Waals surface area (Å²) in [6.07, 6.45) is 0.148. The number of hydrogen-bond acceptors (Lipinski definition) is 4. The minimum absolute atomic E-state index is 0.156. The fourth-order valence-electron chi connectivity index (χ4n) is 6.20. The molecule has 2 aromatic heterocycles. The van der Waals surface area contributed by atoms with Crippen molar-refractivity contribution >= 4 is 101 Å². The van der Waals surface area contributed by atoms with Gasteiger partial charge in [0, 0.05) is 26.6 Å². The molecule has 0 amide bonds. The highest BCUT2D eigenvalue weighted by atomic mass is 32.1. The van der Waals surface area contributed by atoms with Crippen LogP contribution in [0.25, 0.3) is 72.7 Å². The zero-order valence-electron chi connectivity index (χ0n) is 23.2. The molecule has 200 valence electrons. The molecule has 0 bridgehead atoms. The lowest BCUT2D eigenvalue weighted by Crippen LogP contribution is -2.15. The van der Waals surface area contributed by atoms with E-state index in [1.807, 2.05) is 29.6 Å². The van der Waals surface area contributed by atoms with Crippen LogP contribution >= 0.6 is 22.7 Å². The summed E-state index contributed by atoms with van der Waals surface area (Å²) in [6.45, 7) is 6.05. The van der Waals surface area contributed by atoms with Crippen molar-refractivity contribution in [3.05, 3.63) is 96.6 Å². The number of rotatable bonds is 4. The van der Waals surface area contributed by atoms with Crippen LogP contribution in [0.3, 0.4) is 0 Å². The molecule has 0 aliphatic carbocycles. The van der Waals surface area contributed by atoms with Gasteiger partial charge in [-0.25, -0.2) is 0 Å². The van der Waals surface area contributed by atoms with E-state index >= 15 is 0 Å². The molecule has 8 rings (SSSR count). The van der Waals surface area contributed by atoms with Crippen LogP contribution in [0.2, 0.25) is 0 Å². The fourth-order valence-corrected chi connectivity index (χ4v) is 8.90. The van der Waals surface area contributed by atoms with Gasteiger partial charge < -0.3 is 4.74 Å². The van der Waals surface area contributed by atoms with E-state index in [1.54, 1.807) is 0 Å². The molecule has 1 atom stereocenters. The molecule has 8 aromatic rings. The first-order valence-corrected chi connectivity index (χ1v) is 15.9. The Balaban J connectivity index is 1.28. The molecule has 0 radical (unpaired) electrons. The molecule has 0 aliphatic rings. The maximum absolute atomic E-state index is 12.1. The molecular formula is C37H28O2S2. The number of esters is 1. The van der Waals surface area contributed by atoms with E-state index < -0.39 is 0 Å². The summed E-state index contributed by atoms with van der Waals surface area (Å²) in [5, 5.41) is 12.7. The third kappa shape index (κ3) is 4.00. The Hall–Kier alpha value is -3.99. The van der Waals surface area contributed by atoms with Gasteiger partial charge in [0.2, 0.25) is 0 Å². The first kappa shape index (κ1) is 24.8. The zero-order chi connectivity index (χ0) is 27.8. The summed E-state index contributed by atoms with van der Waals surface area (Å²) in [5.41, 5.74) is 1.05. The van der Waals surface area contributed by atoms with Gasteiger partial charge in [-0.05, 0) is 109 Å². The summed E-state index contributed by atoms with van der Waals surface area (Å²) in [6, 6.07) is 33.8. The summed E-state index contributed by atoms with van der Waals surface area (Å²) in [5.74, 6) is 0.0454. The lowest BCUT2D eigenvalue weighted by molar-refractivity contribution is -0.151. The summed E-state index contributed by atoms with van der Waals surface area (Å²) < 4.78 is 11.3. The van der Waals surface area contributed by atoms with Crippen LogP contribution in [0, 0.1) is 5.92 Å². The van der Waals surface area contributed by atoms with Gasteiger partial charge in [0.05, 0.1) is 9.40 Å². The Bertz CT molecular complexity index is 2340. The Kier molecular flexibility index (Phi) is 5.60. The molecule has 2 heterocycles. The SMILES string of the molecule is CCC(=O)OC(c1ccc2cc3cc4c(cc3cc2c1)sc1c2cc3cc5ccccc5cc3cc2sc41)C(C)C. The predicted molar refractivity (Wildman–Crippen MR) is 179 cm³/mol. The van der Waals surface area contributed by atoms with Gasteiger partial charge in [0.25, 0.3) is 0 Å². The Morgan fingerprint density at radius 3 is 1.66 bits per heavy atom. The van der Waals surface area contributed by atoms with E-state index in [2.05, 4.69) is 105 Å². The third-order valence-electron chi connectivity index (χ3n) is 8.32. The maximum Gasteiger partial charge on any atom is 0.306 e. The molecule has 1 unspecified atom stereocenters. The number of benzene rings is 6. The molecule has 2 nitrogen and oxygen atoms in total. The van der Waals surface area contributed by atoms with E-state index in [9.17, 15) is 4.79 Å². The van der Waals surface area contributed by atoms with Crippen molar-refractivity contribution in [3.8, 4) is 0 Å². The quantitative estimate of drug-likeness (QED) is 0.156. The highest BCUT2D eigenvalue weighted by Gasteiger charge is 2.20. The average Bonchev–Trinajstić information content (AvgIpc) is 3.49. The number of fused-ring (bicyclic) bond motifs is 9. The van der Waals surface area contributed by atoms with Crippen molar-refractivity contribution in [1.29, 1.82) is 0 Å². The van der Waals surface area contributed by atoms with Crippen molar-refractivity contribution in [2.24, 2.45) is 5.92 Å². The first-order valence-electron chi connectivity index (χ1n) is 14.2. The van der Waals surface area contributed by atoms with Crippen LogP contribution < -0.4 is 0 Å². The van der Waals surface area contributed by atoms with E-state index in [1.165, 1.54) is 72.7 Å². The third-order valence-corrected chi connectivity index (χ3v) is 10.8. The molecule has 6 aromatic carbocycles. The van der Waals surface area contributed by atoms with Crippen molar-refractivity contribution < 1.29 is 9.53 Å². The topological polar surface area (TPSA) is 26.3 Å². The molecule has 0 fully saturated rings. The Labute approximate surface area is 245 Å². The Morgan fingerprint density at radius 2 is 1.12 bits per heavy atom. The molecule has 0 spiro atoms. The number of ether oxygens (including phenoxy) is 1. The molecule has 4 heteroatoms. The second kappa shape index (κ2) is 9.27. The highest BCUT2D eigenvalue weighted by Crippen LogP contribution is 2.46. The summed E-state index contributed by atoms with van der Waals surface area (Å²) in [4.78, 5) is 12.1. The first-order chi connectivity index (χ1) is 19.9. The minimum atomic E-state index is -0.239. The normalized spacial score (nSPS) is 13.1. The molecule has 0 aliphatic heterocycles. The van der Waals surface area contributed by atoms with Gasteiger partial charge in [0.15, 0.2) is 0 Å². The second-order valence-corrected chi connectivity index (χ2v) is 13.5. The van der Waals surface area contributed by atoms with Gasteiger partial charge in [-0.2, -0.15) is 0 Å².